The van der Waals surface area contributed by atoms with Crippen LogP contribution in [0.25, 0.3) is 0 Å². The molecule has 2 aromatic carbocycles. The van der Waals surface area contributed by atoms with Gasteiger partial charge >= 0.3 is 5.97 Å². The van der Waals surface area contributed by atoms with Crippen LogP contribution in [-0.4, -0.2) is 47.8 Å². The lowest BCUT2D eigenvalue weighted by atomic mass is 10.0. The van der Waals surface area contributed by atoms with Crippen molar-refractivity contribution in [3.8, 4) is 0 Å². The van der Waals surface area contributed by atoms with Gasteiger partial charge in [0.15, 0.2) is 0 Å². The number of nitrogens with zero attached hydrogens (tertiary/aromatic N) is 2. The highest BCUT2D eigenvalue weighted by Gasteiger charge is 2.39. The number of ether oxygens (including phenoxy) is 1. The Kier molecular flexibility index (Phi) is 7.74. The Hall–Kier alpha value is -3.65. The average molecular weight is 510 g/mol. The first-order valence-electron chi connectivity index (χ1n) is 12.1. The van der Waals surface area contributed by atoms with E-state index in [0.717, 1.165) is 24.2 Å². The summed E-state index contributed by atoms with van der Waals surface area (Å²) in [6.07, 6.45) is 3.76. The second kappa shape index (κ2) is 11.0. The van der Waals surface area contributed by atoms with E-state index in [1.807, 2.05) is 18.7 Å². The minimum Gasteiger partial charge on any atom is -0.462 e. The van der Waals surface area contributed by atoms with Crippen LogP contribution in [0.15, 0.2) is 59.3 Å². The number of imide groups is 1. The van der Waals surface area contributed by atoms with E-state index in [1.165, 1.54) is 24.3 Å². The molecule has 0 radical (unpaired) electrons. The van der Waals surface area contributed by atoms with Crippen LogP contribution in [0, 0.1) is 0 Å². The molecule has 0 aliphatic carbocycles. The topological polar surface area (TPSA) is 96.0 Å². The average Bonchev–Trinajstić information content (AvgIpc) is 3.10. The number of rotatable bonds is 7. The number of nitrogens with one attached hydrogen (secondary N) is 1. The summed E-state index contributed by atoms with van der Waals surface area (Å²) in [6, 6.07) is 12.9. The standard InChI is InChI=1S/C27H28ClN3O5/c1-3-15-36-27(35)18-10-12-21(13-11-18)31-25(33)22(28)23(26(31)34)29-20-9-6-8-19(16-20)24(32)30-14-5-4-7-17(30)2/h6,8-13,16-17,29H,3-5,7,14-15H2,1-2H3. The van der Waals surface area contributed by atoms with Crippen LogP contribution in [0.1, 0.15) is 60.2 Å². The van der Waals surface area contributed by atoms with Crippen LogP contribution in [0.2, 0.25) is 0 Å². The number of likely N-dealkylation sites (tertiary alicyclic amines) is 1. The number of anilines is 2. The molecule has 4 rings (SSSR count). The molecule has 188 valence electrons. The fraction of sp³-hybridized carbons (Fsp3) is 0.333. The smallest absolute Gasteiger partial charge is 0.338 e. The van der Waals surface area contributed by atoms with Crippen molar-refractivity contribution < 1.29 is 23.9 Å². The van der Waals surface area contributed by atoms with Gasteiger partial charge in [-0.2, -0.15) is 0 Å². The molecule has 36 heavy (non-hydrogen) atoms. The molecule has 2 aliphatic rings. The van der Waals surface area contributed by atoms with Gasteiger partial charge in [-0.15, -0.1) is 0 Å². The molecule has 2 aromatic rings. The fourth-order valence-corrected chi connectivity index (χ4v) is 4.52. The highest BCUT2D eigenvalue weighted by Crippen LogP contribution is 2.31. The third kappa shape index (κ3) is 5.14. The van der Waals surface area contributed by atoms with Crippen LogP contribution >= 0.6 is 11.6 Å². The number of halogens is 1. The lowest BCUT2D eigenvalue weighted by Gasteiger charge is -2.33. The SMILES string of the molecule is CCCOC(=O)c1ccc(N2C(=O)C(Cl)=C(Nc3cccc(C(=O)N4CCCCC4C)c3)C2=O)cc1. The van der Waals surface area contributed by atoms with Gasteiger partial charge in [0.2, 0.25) is 0 Å². The normalized spacial score (nSPS) is 18.0. The van der Waals surface area contributed by atoms with E-state index in [1.54, 1.807) is 24.3 Å². The molecule has 3 amide bonds. The molecule has 8 nitrogen and oxygen atoms in total. The summed E-state index contributed by atoms with van der Waals surface area (Å²) in [5, 5.41) is 2.67. The first kappa shape index (κ1) is 25.4. The van der Waals surface area contributed by atoms with Crippen molar-refractivity contribution in [2.24, 2.45) is 0 Å². The molecular formula is C27H28ClN3O5. The lowest BCUT2D eigenvalue weighted by Crippen LogP contribution is -2.42. The second-order valence-corrected chi connectivity index (χ2v) is 9.24. The zero-order chi connectivity index (χ0) is 25.8. The zero-order valence-electron chi connectivity index (χ0n) is 20.3. The van der Waals surface area contributed by atoms with Crippen molar-refractivity contribution in [3.63, 3.8) is 0 Å². The summed E-state index contributed by atoms with van der Waals surface area (Å²) in [5.41, 5.74) is 1.47. The van der Waals surface area contributed by atoms with Crippen LogP contribution in [0.4, 0.5) is 11.4 Å². The maximum Gasteiger partial charge on any atom is 0.338 e. The predicted molar refractivity (Wildman–Crippen MR) is 137 cm³/mol. The molecule has 0 aromatic heterocycles. The van der Waals surface area contributed by atoms with Crippen LogP contribution in [0.3, 0.4) is 0 Å². The molecule has 2 heterocycles. The number of carbonyl (C=O) groups excluding carboxylic acids is 4. The Morgan fingerprint density at radius 1 is 1.06 bits per heavy atom. The second-order valence-electron chi connectivity index (χ2n) is 8.87. The van der Waals surface area contributed by atoms with E-state index in [-0.39, 0.29) is 28.4 Å². The van der Waals surface area contributed by atoms with E-state index in [2.05, 4.69) is 5.32 Å². The first-order chi connectivity index (χ1) is 17.3. The van der Waals surface area contributed by atoms with Gasteiger partial charge in [0.25, 0.3) is 17.7 Å². The van der Waals surface area contributed by atoms with Gasteiger partial charge in [-0.1, -0.05) is 24.6 Å². The third-order valence-corrected chi connectivity index (χ3v) is 6.62. The highest BCUT2D eigenvalue weighted by atomic mass is 35.5. The van der Waals surface area contributed by atoms with E-state index in [4.69, 9.17) is 16.3 Å². The van der Waals surface area contributed by atoms with Gasteiger partial charge in [0, 0.05) is 23.8 Å². The van der Waals surface area contributed by atoms with Crippen molar-refractivity contribution in [2.75, 3.05) is 23.4 Å². The monoisotopic (exact) mass is 509 g/mol. The Labute approximate surface area is 214 Å². The lowest BCUT2D eigenvalue weighted by molar-refractivity contribution is -0.120. The summed E-state index contributed by atoms with van der Waals surface area (Å²) >= 11 is 6.26. The van der Waals surface area contributed by atoms with E-state index >= 15 is 0 Å². The molecule has 1 unspecified atom stereocenters. The van der Waals surface area contributed by atoms with Crippen molar-refractivity contribution in [2.45, 2.75) is 45.6 Å². The summed E-state index contributed by atoms with van der Waals surface area (Å²) < 4.78 is 5.10. The number of carbonyl (C=O) groups is 4. The van der Waals surface area contributed by atoms with Crippen LogP contribution in [0.5, 0.6) is 0 Å². The first-order valence-corrected chi connectivity index (χ1v) is 12.4. The molecule has 1 atom stereocenters. The minimum absolute atomic E-state index is 0.0704. The van der Waals surface area contributed by atoms with Crippen LogP contribution in [-0.2, 0) is 14.3 Å². The quantitative estimate of drug-likeness (QED) is 0.429. The molecule has 2 aliphatic heterocycles. The summed E-state index contributed by atoms with van der Waals surface area (Å²) in [5.74, 6) is -1.86. The molecule has 1 fully saturated rings. The Bertz CT molecular complexity index is 1220. The Balaban J connectivity index is 1.50. The maximum atomic E-state index is 13.1. The molecule has 0 bridgehead atoms. The van der Waals surface area contributed by atoms with Gasteiger partial charge in [-0.3, -0.25) is 14.4 Å². The predicted octanol–water partition coefficient (Wildman–Crippen LogP) is 4.70. The zero-order valence-corrected chi connectivity index (χ0v) is 21.0. The highest BCUT2D eigenvalue weighted by molar-refractivity contribution is 6.53. The van der Waals surface area contributed by atoms with E-state index in [0.29, 0.717) is 36.4 Å². The van der Waals surface area contributed by atoms with Crippen molar-refractivity contribution in [1.82, 2.24) is 4.90 Å². The number of piperidine rings is 1. The molecule has 1 N–H and O–H groups in total. The molecule has 0 spiro atoms. The van der Waals surface area contributed by atoms with Crippen molar-refractivity contribution in [1.29, 1.82) is 0 Å². The number of amides is 3. The summed E-state index contributed by atoms with van der Waals surface area (Å²) in [4.78, 5) is 53.8. The van der Waals surface area contributed by atoms with Gasteiger partial charge < -0.3 is 15.0 Å². The molecular weight excluding hydrogens is 482 g/mol. The van der Waals surface area contributed by atoms with Gasteiger partial charge in [-0.05, 0) is 75.1 Å². The maximum absolute atomic E-state index is 13.1. The minimum atomic E-state index is -0.681. The summed E-state index contributed by atoms with van der Waals surface area (Å²) in [7, 11) is 0. The van der Waals surface area contributed by atoms with Gasteiger partial charge in [0.1, 0.15) is 10.7 Å². The molecule has 0 saturated carbocycles. The van der Waals surface area contributed by atoms with E-state index in [9.17, 15) is 19.2 Å². The number of esters is 1. The van der Waals surface area contributed by atoms with Gasteiger partial charge in [0.05, 0.1) is 17.9 Å². The van der Waals surface area contributed by atoms with E-state index < -0.39 is 17.8 Å². The number of hydrogen-bond acceptors (Lipinski definition) is 6. The van der Waals surface area contributed by atoms with Gasteiger partial charge in [-0.25, -0.2) is 9.69 Å². The third-order valence-electron chi connectivity index (χ3n) is 6.27. The molecule has 9 heteroatoms. The van der Waals surface area contributed by atoms with Crippen molar-refractivity contribution in [3.05, 3.63) is 70.4 Å². The molecule has 1 saturated heterocycles. The number of hydrogen-bond donors (Lipinski definition) is 1. The Morgan fingerprint density at radius 3 is 2.50 bits per heavy atom. The number of benzene rings is 2. The van der Waals surface area contributed by atoms with Crippen LogP contribution < -0.4 is 10.2 Å². The largest absolute Gasteiger partial charge is 0.462 e. The fourth-order valence-electron chi connectivity index (χ4n) is 4.31. The summed E-state index contributed by atoms with van der Waals surface area (Å²) in [6.45, 7) is 4.96. The Morgan fingerprint density at radius 2 is 1.81 bits per heavy atom. The van der Waals surface area contributed by atoms with Crippen molar-refractivity contribution >= 4 is 46.7 Å².